The maximum Gasteiger partial charge on any atom is 0.170 e. The fraction of sp³-hybridized carbons (Fsp3) is 0.188. The number of Topliss-reactive ketones (excluding diaryl/α,β-unsaturated/α-hetero) is 1. The van der Waals surface area contributed by atoms with Crippen LogP contribution in [0.1, 0.15) is 31.1 Å². The van der Waals surface area contributed by atoms with Gasteiger partial charge in [0.05, 0.1) is 19.0 Å². The molecule has 0 saturated heterocycles. The number of ether oxygens (including phenoxy) is 2. The predicted molar refractivity (Wildman–Crippen MR) is 71.8 cm³/mol. The molecule has 3 rings (SSSR count). The summed E-state index contributed by atoms with van der Waals surface area (Å²) in [6.07, 6.45) is -3.08. The second-order valence-corrected chi connectivity index (χ2v) is 4.24. The maximum atomic E-state index is 12.4. The lowest BCUT2D eigenvalue weighted by molar-refractivity contribution is 0.0850. The number of ketones is 1. The number of methoxy groups -OCH3 is 1. The highest BCUT2D eigenvalue weighted by atomic mass is 16.5. The van der Waals surface area contributed by atoms with Crippen LogP contribution in [0.2, 0.25) is 0 Å². The Morgan fingerprint density at radius 3 is 2.68 bits per heavy atom. The molecule has 0 aromatic heterocycles. The Morgan fingerprint density at radius 2 is 1.95 bits per heavy atom. The first-order valence-electron chi connectivity index (χ1n) is 6.98. The standard InChI is InChI=1S/C16H14O3/c1-18-12-8-6-11(7-9-12)16-10-14(17)13-4-2-3-5-15(13)19-16/h2-9,16H,10H2,1H3/i10D2. The number of hydrogen-bond acceptors (Lipinski definition) is 3. The van der Waals surface area contributed by atoms with Crippen molar-refractivity contribution in [1.82, 2.24) is 0 Å². The summed E-state index contributed by atoms with van der Waals surface area (Å²) in [6.45, 7) is 0. The van der Waals surface area contributed by atoms with Crippen LogP contribution in [-0.2, 0) is 0 Å². The normalized spacial score (nSPS) is 21.7. The van der Waals surface area contributed by atoms with E-state index in [1.165, 1.54) is 0 Å². The SMILES string of the molecule is [2H]C1([2H])C(=O)c2ccccc2OC1c1ccc(OC)cc1. The van der Waals surface area contributed by atoms with Crippen LogP contribution in [0.3, 0.4) is 0 Å². The van der Waals surface area contributed by atoms with Gasteiger partial charge in [-0.25, -0.2) is 0 Å². The van der Waals surface area contributed by atoms with Gasteiger partial charge in [-0.3, -0.25) is 4.79 Å². The molecule has 19 heavy (non-hydrogen) atoms. The van der Waals surface area contributed by atoms with Crippen molar-refractivity contribution in [2.75, 3.05) is 7.11 Å². The number of carbonyl (C=O) groups excluding carboxylic acids is 1. The van der Waals surface area contributed by atoms with Gasteiger partial charge in [0.1, 0.15) is 17.6 Å². The largest absolute Gasteiger partial charge is 0.497 e. The van der Waals surface area contributed by atoms with Gasteiger partial charge < -0.3 is 9.47 Å². The van der Waals surface area contributed by atoms with Gasteiger partial charge in [0, 0.05) is 2.74 Å². The predicted octanol–water partition coefficient (Wildman–Crippen LogP) is 3.40. The topological polar surface area (TPSA) is 35.5 Å². The average Bonchev–Trinajstić information content (AvgIpc) is 2.51. The Kier molecular flexibility index (Phi) is 2.41. The van der Waals surface area contributed by atoms with Crippen LogP contribution in [0.5, 0.6) is 11.5 Å². The second kappa shape index (κ2) is 4.76. The summed E-state index contributed by atoms with van der Waals surface area (Å²) in [5.41, 5.74) is 0.885. The Hall–Kier alpha value is -2.29. The number of hydrogen-bond donors (Lipinski definition) is 0. The van der Waals surface area contributed by atoms with E-state index in [2.05, 4.69) is 0 Å². The molecule has 1 heterocycles. The highest BCUT2D eigenvalue weighted by molar-refractivity contribution is 5.99. The first kappa shape index (κ1) is 9.62. The van der Waals surface area contributed by atoms with Crippen molar-refractivity contribution < 1.29 is 17.0 Å². The molecular weight excluding hydrogens is 240 g/mol. The highest BCUT2D eigenvalue weighted by Gasteiger charge is 2.27. The zero-order chi connectivity index (χ0) is 15.0. The van der Waals surface area contributed by atoms with Crippen molar-refractivity contribution in [3.05, 3.63) is 59.7 Å². The lowest BCUT2D eigenvalue weighted by atomic mass is 9.96. The molecule has 3 heteroatoms. The van der Waals surface area contributed by atoms with Crippen molar-refractivity contribution in [2.45, 2.75) is 12.5 Å². The van der Waals surface area contributed by atoms with Crippen LogP contribution in [0.4, 0.5) is 0 Å². The summed E-state index contributed by atoms with van der Waals surface area (Å²) in [5.74, 6) is 0.533. The van der Waals surface area contributed by atoms with Crippen LogP contribution < -0.4 is 9.47 Å². The molecule has 1 aliphatic rings. The summed E-state index contributed by atoms with van der Waals surface area (Å²) < 4.78 is 27.1. The molecule has 1 atom stereocenters. The molecule has 0 radical (unpaired) electrons. The Balaban J connectivity index is 2.04. The quantitative estimate of drug-likeness (QED) is 0.826. The molecule has 0 spiro atoms. The minimum absolute atomic E-state index is 0.285. The van der Waals surface area contributed by atoms with Crippen molar-refractivity contribution in [3.8, 4) is 11.5 Å². The van der Waals surface area contributed by atoms with E-state index in [4.69, 9.17) is 12.2 Å². The van der Waals surface area contributed by atoms with Gasteiger partial charge in [-0.2, -0.15) is 0 Å². The lowest BCUT2D eigenvalue weighted by Gasteiger charge is -2.25. The van der Waals surface area contributed by atoms with E-state index in [-0.39, 0.29) is 5.56 Å². The molecule has 0 amide bonds. The second-order valence-electron chi connectivity index (χ2n) is 4.24. The molecule has 0 N–H and O–H groups in total. The maximum absolute atomic E-state index is 12.4. The molecule has 0 fully saturated rings. The van der Waals surface area contributed by atoms with Crippen molar-refractivity contribution in [3.63, 3.8) is 0 Å². The molecule has 1 aliphatic heterocycles. The summed E-state index contributed by atoms with van der Waals surface area (Å²) in [7, 11) is 1.56. The number of rotatable bonds is 2. The van der Waals surface area contributed by atoms with E-state index in [0.29, 0.717) is 17.1 Å². The smallest absolute Gasteiger partial charge is 0.170 e. The van der Waals surface area contributed by atoms with Gasteiger partial charge >= 0.3 is 0 Å². The molecule has 1 unspecified atom stereocenters. The zero-order valence-corrected chi connectivity index (χ0v) is 10.4. The van der Waals surface area contributed by atoms with Crippen LogP contribution in [-0.4, -0.2) is 12.9 Å². The Labute approximate surface area is 114 Å². The number of benzene rings is 2. The fourth-order valence-corrected chi connectivity index (χ4v) is 2.04. The zero-order valence-electron chi connectivity index (χ0n) is 12.4. The minimum Gasteiger partial charge on any atom is -0.497 e. The Morgan fingerprint density at radius 1 is 1.21 bits per heavy atom. The summed E-state index contributed by atoms with van der Waals surface area (Å²) in [4.78, 5) is 12.4. The third kappa shape index (κ3) is 2.19. The van der Waals surface area contributed by atoms with E-state index in [1.807, 2.05) is 0 Å². The van der Waals surface area contributed by atoms with E-state index < -0.39 is 18.3 Å². The van der Waals surface area contributed by atoms with E-state index in [1.54, 1.807) is 55.6 Å². The number of para-hydroxylation sites is 1. The van der Waals surface area contributed by atoms with Gasteiger partial charge in [-0.15, -0.1) is 0 Å². The van der Waals surface area contributed by atoms with Crippen LogP contribution in [0, 0.1) is 0 Å². The lowest BCUT2D eigenvalue weighted by Crippen LogP contribution is -2.20. The molecule has 0 bridgehead atoms. The van der Waals surface area contributed by atoms with Gasteiger partial charge in [-0.1, -0.05) is 24.3 Å². The van der Waals surface area contributed by atoms with Gasteiger partial charge in [0.15, 0.2) is 5.78 Å². The van der Waals surface area contributed by atoms with Crippen molar-refractivity contribution >= 4 is 5.78 Å². The van der Waals surface area contributed by atoms with E-state index >= 15 is 0 Å². The minimum atomic E-state index is -2.11. The number of carbonyl (C=O) groups is 1. The van der Waals surface area contributed by atoms with Gasteiger partial charge in [0.2, 0.25) is 0 Å². The summed E-state index contributed by atoms with van der Waals surface area (Å²) in [6, 6.07) is 13.6. The first-order chi connectivity index (χ1) is 10.0. The van der Waals surface area contributed by atoms with Crippen LogP contribution in [0.25, 0.3) is 0 Å². The van der Waals surface area contributed by atoms with Crippen molar-refractivity contribution in [1.29, 1.82) is 0 Å². The molecule has 0 saturated carbocycles. The van der Waals surface area contributed by atoms with Crippen LogP contribution >= 0.6 is 0 Å². The van der Waals surface area contributed by atoms with E-state index in [9.17, 15) is 4.79 Å². The van der Waals surface area contributed by atoms with Gasteiger partial charge in [-0.05, 0) is 29.8 Å². The van der Waals surface area contributed by atoms with Gasteiger partial charge in [0.25, 0.3) is 0 Å². The van der Waals surface area contributed by atoms with E-state index in [0.717, 1.165) is 0 Å². The molecule has 3 nitrogen and oxygen atoms in total. The molecular formula is C16H14O3. The third-order valence-electron chi connectivity index (χ3n) is 3.06. The fourth-order valence-electron chi connectivity index (χ4n) is 2.04. The highest BCUT2D eigenvalue weighted by Crippen LogP contribution is 2.34. The van der Waals surface area contributed by atoms with Crippen LogP contribution in [0.15, 0.2) is 48.5 Å². The monoisotopic (exact) mass is 256 g/mol. The third-order valence-corrected chi connectivity index (χ3v) is 3.06. The summed E-state index contributed by atoms with van der Waals surface area (Å²) >= 11 is 0. The number of fused-ring (bicyclic) bond motifs is 1. The molecule has 2 aromatic carbocycles. The molecule has 0 aliphatic carbocycles. The Bertz CT molecular complexity index is 680. The van der Waals surface area contributed by atoms with Crippen molar-refractivity contribution in [2.24, 2.45) is 0 Å². The first-order valence-corrected chi connectivity index (χ1v) is 5.98. The average molecular weight is 256 g/mol. The summed E-state index contributed by atoms with van der Waals surface area (Å²) in [5, 5.41) is 0. The molecule has 2 aromatic rings. The molecule has 96 valence electrons.